The Morgan fingerprint density at radius 3 is 2.74 bits per heavy atom. The lowest BCUT2D eigenvalue weighted by Crippen LogP contribution is -2.11. The summed E-state index contributed by atoms with van der Waals surface area (Å²) < 4.78 is 13.1. The predicted octanol–water partition coefficient (Wildman–Crippen LogP) is 3.32. The lowest BCUT2D eigenvalue weighted by molar-refractivity contribution is -0.111. The monoisotopic (exact) mass is 308 g/mol. The van der Waals surface area contributed by atoms with Crippen LogP contribution in [-0.2, 0) is 4.79 Å². The van der Waals surface area contributed by atoms with Crippen molar-refractivity contribution in [1.29, 1.82) is 0 Å². The molecule has 23 heavy (non-hydrogen) atoms. The number of rotatable bonds is 3. The highest BCUT2D eigenvalue weighted by Gasteiger charge is 2.02. The van der Waals surface area contributed by atoms with Crippen LogP contribution < -0.4 is 10.9 Å². The van der Waals surface area contributed by atoms with E-state index in [1.54, 1.807) is 18.2 Å². The molecule has 0 radical (unpaired) electrons. The van der Waals surface area contributed by atoms with E-state index in [1.807, 2.05) is 18.2 Å². The predicted molar refractivity (Wildman–Crippen MR) is 88.6 cm³/mol. The van der Waals surface area contributed by atoms with Crippen LogP contribution in [0.15, 0.2) is 65.5 Å². The van der Waals surface area contributed by atoms with Gasteiger partial charge in [-0.05, 0) is 41.8 Å². The summed E-state index contributed by atoms with van der Waals surface area (Å²) in [5, 5.41) is 3.40. The summed E-state index contributed by atoms with van der Waals surface area (Å²) >= 11 is 0. The number of amides is 1. The number of hydrogen-bond acceptors (Lipinski definition) is 2. The third-order valence-corrected chi connectivity index (χ3v) is 3.29. The first-order valence-corrected chi connectivity index (χ1v) is 6.98. The fraction of sp³-hybridized carbons (Fsp3) is 0. The molecule has 0 fully saturated rings. The summed E-state index contributed by atoms with van der Waals surface area (Å²) in [6.07, 6.45) is 2.67. The highest BCUT2D eigenvalue weighted by atomic mass is 19.1. The van der Waals surface area contributed by atoms with Gasteiger partial charge in [-0.3, -0.25) is 9.59 Å². The van der Waals surface area contributed by atoms with Crippen LogP contribution in [0, 0.1) is 5.82 Å². The highest BCUT2D eigenvalue weighted by molar-refractivity contribution is 6.02. The Hall–Kier alpha value is -3.21. The quantitative estimate of drug-likeness (QED) is 0.729. The molecule has 2 aromatic carbocycles. The zero-order valence-corrected chi connectivity index (χ0v) is 12.0. The summed E-state index contributed by atoms with van der Waals surface area (Å²) in [5.74, 6) is -0.874. The van der Waals surface area contributed by atoms with Crippen LogP contribution in [0.3, 0.4) is 0 Å². The van der Waals surface area contributed by atoms with Crippen LogP contribution in [0.5, 0.6) is 0 Å². The number of para-hydroxylation sites is 1. The third-order valence-electron chi connectivity index (χ3n) is 3.29. The molecule has 5 heteroatoms. The van der Waals surface area contributed by atoms with Gasteiger partial charge in [0.2, 0.25) is 5.91 Å². The molecule has 0 bridgehead atoms. The molecule has 114 valence electrons. The van der Waals surface area contributed by atoms with E-state index in [1.165, 1.54) is 30.4 Å². The normalized spacial score (nSPS) is 11.0. The average Bonchev–Trinajstić information content (AvgIpc) is 2.53. The number of aromatic amines is 1. The van der Waals surface area contributed by atoms with Crippen LogP contribution >= 0.6 is 0 Å². The Bertz CT molecular complexity index is 960. The largest absolute Gasteiger partial charge is 0.322 e. The number of halogens is 1. The van der Waals surface area contributed by atoms with E-state index in [2.05, 4.69) is 10.3 Å². The fourth-order valence-corrected chi connectivity index (χ4v) is 2.20. The van der Waals surface area contributed by atoms with Gasteiger partial charge in [0.05, 0.1) is 0 Å². The van der Waals surface area contributed by atoms with Crippen LogP contribution in [0.4, 0.5) is 10.1 Å². The Labute approximate surface area is 131 Å². The minimum absolute atomic E-state index is 0.279. The van der Waals surface area contributed by atoms with Gasteiger partial charge in [-0.15, -0.1) is 0 Å². The molecule has 0 saturated carbocycles. The zero-order chi connectivity index (χ0) is 16.2. The Balaban J connectivity index is 1.81. The molecule has 0 spiro atoms. The van der Waals surface area contributed by atoms with E-state index in [0.717, 1.165) is 10.9 Å². The van der Waals surface area contributed by atoms with Crippen molar-refractivity contribution in [1.82, 2.24) is 4.98 Å². The molecule has 3 rings (SSSR count). The second-order valence-corrected chi connectivity index (χ2v) is 4.97. The molecular weight excluding hydrogens is 295 g/mol. The Kier molecular flexibility index (Phi) is 4.01. The molecule has 1 heterocycles. The van der Waals surface area contributed by atoms with Crippen LogP contribution in [0.1, 0.15) is 5.56 Å². The van der Waals surface area contributed by atoms with Crippen molar-refractivity contribution in [2.24, 2.45) is 0 Å². The molecular formula is C18H13FN2O2. The van der Waals surface area contributed by atoms with Gasteiger partial charge in [0.25, 0.3) is 5.56 Å². The van der Waals surface area contributed by atoms with Gasteiger partial charge < -0.3 is 10.3 Å². The topological polar surface area (TPSA) is 62.0 Å². The maximum atomic E-state index is 13.1. The number of pyridine rings is 1. The van der Waals surface area contributed by atoms with E-state index in [9.17, 15) is 14.0 Å². The zero-order valence-electron chi connectivity index (χ0n) is 12.0. The molecule has 3 aromatic rings. The van der Waals surface area contributed by atoms with Crippen molar-refractivity contribution < 1.29 is 9.18 Å². The van der Waals surface area contributed by atoms with Crippen molar-refractivity contribution in [3.8, 4) is 0 Å². The number of carbonyl (C=O) groups is 1. The molecule has 1 amide bonds. The van der Waals surface area contributed by atoms with Gasteiger partial charge in [0.1, 0.15) is 5.82 Å². The summed E-state index contributed by atoms with van der Waals surface area (Å²) in [6, 6.07) is 14.7. The number of benzene rings is 2. The molecule has 0 aliphatic carbocycles. The van der Waals surface area contributed by atoms with Crippen LogP contribution in [0.2, 0.25) is 0 Å². The van der Waals surface area contributed by atoms with Gasteiger partial charge in [-0.25, -0.2) is 4.39 Å². The van der Waals surface area contributed by atoms with E-state index in [-0.39, 0.29) is 5.56 Å². The summed E-state index contributed by atoms with van der Waals surface area (Å²) in [4.78, 5) is 26.6. The van der Waals surface area contributed by atoms with E-state index in [0.29, 0.717) is 11.3 Å². The fourth-order valence-electron chi connectivity index (χ4n) is 2.20. The second kappa shape index (κ2) is 6.27. The smallest absolute Gasteiger partial charge is 0.255 e. The van der Waals surface area contributed by atoms with Crippen molar-refractivity contribution in [2.45, 2.75) is 0 Å². The number of carbonyl (C=O) groups excluding carboxylic acids is 1. The highest BCUT2D eigenvalue weighted by Crippen LogP contribution is 2.12. The van der Waals surface area contributed by atoms with Gasteiger partial charge >= 0.3 is 0 Å². The number of H-pyrrole nitrogens is 1. The lowest BCUT2D eigenvalue weighted by atomic mass is 10.1. The second-order valence-electron chi connectivity index (χ2n) is 4.97. The Morgan fingerprint density at radius 1 is 1.09 bits per heavy atom. The standard InChI is InChI=1S/C18H13FN2O2/c19-14-5-3-6-15(11-14)20-17(22)9-8-13-10-12-4-1-2-7-16(12)21-18(13)23/h1-11H,(H,20,22)(H,21,23)/b9-8+. The Morgan fingerprint density at radius 2 is 1.91 bits per heavy atom. The first-order valence-electron chi connectivity index (χ1n) is 6.98. The summed E-state index contributed by atoms with van der Waals surface area (Å²) in [5.41, 5.74) is 1.18. The average molecular weight is 308 g/mol. The van der Waals surface area contributed by atoms with E-state index >= 15 is 0 Å². The SMILES string of the molecule is O=C(/C=C/c1cc2ccccc2[nH]c1=O)Nc1cccc(F)c1. The molecule has 0 aliphatic heterocycles. The number of fused-ring (bicyclic) bond motifs is 1. The van der Waals surface area contributed by atoms with Gasteiger partial charge in [0.15, 0.2) is 0 Å². The van der Waals surface area contributed by atoms with Crippen LogP contribution in [0.25, 0.3) is 17.0 Å². The van der Waals surface area contributed by atoms with Crippen LogP contribution in [-0.4, -0.2) is 10.9 Å². The van der Waals surface area contributed by atoms with Crippen molar-refractivity contribution in [3.63, 3.8) is 0 Å². The van der Waals surface area contributed by atoms with E-state index < -0.39 is 11.7 Å². The minimum atomic E-state index is -0.442. The van der Waals surface area contributed by atoms with Crippen molar-refractivity contribution in [3.05, 3.63) is 82.4 Å². The molecule has 1 aromatic heterocycles. The first-order chi connectivity index (χ1) is 11.1. The number of anilines is 1. The maximum Gasteiger partial charge on any atom is 0.255 e. The van der Waals surface area contributed by atoms with Gasteiger partial charge in [0, 0.05) is 22.8 Å². The first kappa shape index (κ1) is 14.7. The molecule has 0 saturated heterocycles. The van der Waals surface area contributed by atoms with Gasteiger partial charge in [-0.2, -0.15) is 0 Å². The van der Waals surface area contributed by atoms with Gasteiger partial charge in [-0.1, -0.05) is 24.3 Å². The molecule has 0 aliphatic rings. The van der Waals surface area contributed by atoms with Crippen molar-refractivity contribution in [2.75, 3.05) is 5.32 Å². The molecule has 4 nitrogen and oxygen atoms in total. The molecule has 0 unspecified atom stereocenters. The molecule has 2 N–H and O–H groups in total. The third kappa shape index (κ3) is 3.52. The molecule has 0 atom stereocenters. The van der Waals surface area contributed by atoms with E-state index in [4.69, 9.17) is 0 Å². The summed E-state index contributed by atoms with van der Waals surface area (Å²) in [6.45, 7) is 0. The summed E-state index contributed by atoms with van der Waals surface area (Å²) in [7, 11) is 0. The lowest BCUT2D eigenvalue weighted by Gasteiger charge is -2.02. The maximum absolute atomic E-state index is 13.1. The number of nitrogens with one attached hydrogen (secondary N) is 2. The minimum Gasteiger partial charge on any atom is -0.322 e. The van der Waals surface area contributed by atoms with Crippen molar-refractivity contribution >= 4 is 28.6 Å². The number of hydrogen-bond donors (Lipinski definition) is 2. The number of aromatic nitrogens is 1.